The summed E-state index contributed by atoms with van der Waals surface area (Å²) in [5, 5.41) is 23.3. The summed E-state index contributed by atoms with van der Waals surface area (Å²) in [5.74, 6) is 0. The van der Waals surface area contributed by atoms with Crippen molar-refractivity contribution < 1.29 is 10.0 Å². The molecule has 116 valence electrons. The second kappa shape index (κ2) is 7.38. The van der Waals surface area contributed by atoms with Gasteiger partial charge in [0.05, 0.1) is 11.5 Å². The van der Waals surface area contributed by atoms with Crippen molar-refractivity contribution in [3.63, 3.8) is 0 Å². The van der Waals surface area contributed by atoms with E-state index in [0.29, 0.717) is 19.1 Å². The SMILES string of the molecule is CNc1ccc([N+](=O)[O-])cc1CN(CCO)C1CCCC1. The Morgan fingerprint density at radius 1 is 1.43 bits per heavy atom. The highest BCUT2D eigenvalue weighted by molar-refractivity contribution is 5.55. The van der Waals surface area contributed by atoms with Gasteiger partial charge in [-0.3, -0.25) is 15.0 Å². The van der Waals surface area contributed by atoms with Gasteiger partial charge >= 0.3 is 0 Å². The predicted octanol–water partition coefficient (Wildman–Crippen LogP) is 2.37. The second-order valence-corrected chi connectivity index (χ2v) is 5.48. The average molecular weight is 293 g/mol. The zero-order chi connectivity index (χ0) is 15.2. The van der Waals surface area contributed by atoms with Gasteiger partial charge in [-0.25, -0.2) is 0 Å². The molecule has 1 aliphatic carbocycles. The molecular weight excluding hydrogens is 270 g/mol. The van der Waals surface area contributed by atoms with E-state index in [-0.39, 0.29) is 17.2 Å². The molecule has 0 aliphatic heterocycles. The van der Waals surface area contributed by atoms with E-state index in [1.807, 2.05) is 7.05 Å². The maximum absolute atomic E-state index is 11.0. The highest BCUT2D eigenvalue weighted by Gasteiger charge is 2.23. The zero-order valence-electron chi connectivity index (χ0n) is 12.4. The van der Waals surface area contributed by atoms with Crippen LogP contribution in [-0.4, -0.2) is 41.2 Å². The molecule has 21 heavy (non-hydrogen) atoms. The molecule has 6 heteroatoms. The van der Waals surface area contributed by atoms with Crippen LogP contribution in [0.5, 0.6) is 0 Å². The Kier molecular flexibility index (Phi) is 5.52. The van der Waals surface area contributed by atoms with Gasteiger partial charge in [0, 0.05) is 44.0 Å². The molecule has 0 saturated heterocycles. The molecule has 1 fully saturated rings. The topological polar surface area (TPSA) is 78.6 Å². The Labute approximate surface area is 124 Å². The van der Waals surface area contributed by atoms with Crippen molar-refractivity contribution in [3.8, 4) is 0 Å². The van der Waals surface area contributed by atoms with E-state index in [4.69, 9.17) is 0 Å². The van der Waals surface area contributed by atoms with Crippen LogP contribution in [0, 0.1) is 10.1 Å². The van der Waals surface area contributed by atoms with E-state index in [9.17, 15) is 15.2 Å². The molecule has 1 aromatic rings. The number of aliphatic hydroxyl groups excluding tert-OH is 1. The molecule has 0 heterocycles. The molecule has 0 amide bonds. The Morgan fingerprint density at radius 2 is 2.14 bits per heavy atom. The highest BCUT2D eigenvalue weighted by atomic mass is 16.6. The van der Waals surface area contributed by atoms with Gasteiger partial charge in [-0.15, -0.1) is 0 Å². The zero-order valence-corrected chi connectivity index (χ0v) is 12.4. The van der Waals surface area contributed by atoms with Gasteiger partial charge < -0.3 is 10.4 Å². The van der Waals surface area contributed by atoms with Crippen molar-refractivity contribution in [1.82, 2.24) is 4.90 Å². The maximum atomic E-state index is 11.0. The summed E-state index contributed by atoms with van der Waals surface area (Å²) >= 11 is 0. The first-order chi connectivity index (χ1) is 10.2. The Hall–Kier alpha value is -1.66. The minimum absolute atomic E-state index is 0.111. The lowest BCUT2D eigenvalue weighted by atomic mass is 10.1. The summed E-state index contributed by atoms with van der Waals surface area (Å²) in [4.78, 5) is 12.8. The van der Waals surface area contributed by atoms with E-state index >= 15 is 0 Å². The number of aliphatic hydroxyl groups is 1. The molecule has 6 nitrogen and oxygen atoms in total. The van der Waals surface area contributed by atoms with Crippen LogP contribution in [0.15, 0.2) is 18.2 Å². The second-order valence-electron chi connectivity index (χ2n) is 5.48. The van der Waals surface area contributed by atoms with Gasteiger partial charge in [-0.05, 0) is 24.5 Å². The fraction of sp³-hybridized carbons (Fsp3) is 0.600. The summed E-state index contributed by atoms with van der Waals surface area (Å²) in [7, 11) is 1.82. The predicted molar refractivity (Wildman–Crippen MR) is 82.4 cm³/mol. The first-order valence-electron chi connectivity index (χ1n) is 7.45. The minimum Gasteiger partial charge on any atom is -0.395 e. The van der Waals surface area contributed by atoms with E-state index in [1.165, 1.54) is 18.9 Å². The van der Waals surface area contributed by atoms with Crippen LogP contribution in [0.2, 0.25) is 0 Å². The standard InChI is InChI=1S/C15H23N3O3/c1-16-15-7-6-14(18(20)21)10-12(15)11-17(8-9-19)13-4-2-3-5-13/h6-7,10,13,16,19H,2-5,8-9,11H2,1H3. The van der Waals surface area contributed by atoms with E-state index in [1.54, 1.807) is 12.1 Å². The largest absolute Gasteiger partial charge is 0.395 e. The summed E-state index contributed by atoms with van der Waals surface area (Å²) in [5.41, 5.74) is 1.92. The molecule has 0 radical (unpaired) electrons. The lowest BCUT2D eigenvalue weighted by Gasteiger charge is -2.28. The molecule has 1 aliphatic rings. The lowest BCUT2D eigenvalue weighted by Crippen LogP contribution is -2.35. The van der Waals surface area contributed by atoms with E-state index in [0.717, 1.165) is 24.1 Å². The van der Waals surface area contributed by atoms with Crippen LogP contribution < -0.4 is 5.32 Å². The van der Waals surface area contributed by atoms with Gasteiger partial charge in [0.2, 0.25) is 0 Å². The number of nitrogens with one attached hydrogen (secondary N) is 1. The van der Waals surface area contributed by atoms with Crippen molar-refractivity contribution in [3.05, 3.63) is 33.9 Å². The number of hydrogen-bond acceptors (Lipinski definition) is 5. The van der Waals surface area contributed by atoms with Crippen LogP contribution in [0.4, 0.5) is 11.4 Å². The Balaban J connectivity index is 2.21. The van der Waals surface area contributed by atoms with Crippen molar-refractivity contribution in [1.29, 1.82) is 0 Å². The Bertz CT molecular complexity index is 487. The molecule has 2 rings (SSSR count). The summed E-state index contributed by atoms with van der Waals surface area (Å²) in [6, 6.07) is 5.37. The maximum Gasteiger partial charge on any atom is 0.269 e. The molecule has 0 aromatic heterocycles. The normalized spacial score (nSPS) is 15.6. The number of rotatable bonds is 7. The quantitative estimate of drug-likeness (QED) is 0.596. The van der Waals surface area contributed by atoms with E-state index in [2.05, 4.69) is 10.2 Å². The van der Waals surface area contributed by atoms with Gasteiger partial charge in [-0.1, -0.05) is 12.8 Å². The number of hydrogen-bond donors (Lipinski definition) is 2. The van der Waals surface area contributed by atoms with Crippen molar-refractivity contribution in [2.75, 3.05) is 25.5 Å². The van der Waals surface area contributed by atoms with Crippen molar-refractivity contribution in [2.24, 2.45) is 0 Å². The first-order valence-corrected chi connectivity index (χ1v) is 7.45. The van der Waals surface area contributed by atoms with Crippen molar-refractivity contribution in [2.45, 2.75) is 38.3 Å². The number of nitrogens with zero attached hydrogens (tertiary/aromatic N) is 2. The summed E-state index contributed by atoms with van der Waals surface area (Å²) < 4.78 is 0. The highest BCUT2D eigenvalue weighted by Crippen LogP contribution is 2.28. The molecule has 0 atom stereocenters. The number of benzene rings is 1. The van der Waals surface area contributed by atoms with Gasteiger partial charge in [0.1, 0.15) is 0 Å². The molecule has 0 spiro atoms. The number of non-ortho nitro benzene ring substituents is 1. The van der Waals surface area contributed by atoms with Crippen LogP contribution in [0.3, 0.4) is 0 Å². The van der Waals surface area contributed by atoms with Crippen LogP contribution in [-0.2, 0) is 6.54 Å². The first kappa shape index (κ1) is 15.7. The molecule has 1 aromatic carbocycles. The number of nitro groups is 1. The summed E-state index contributed by atoms with van der Waals surface area (Å²) in [6.45, 7) is 1.35. The molecule has 0 unspecified atom stereocenters. The van der Waals surface area contributed by atoms with Gasteiger partial charge in [0.15, 0.2) is 0 Å². The number of nitro benzene ring substituents is 1. The fourth-order valence-electron chi connectivity index (χ4n) is 3.08. The lowest BCUT2D eigenvalue weighted by molar-refractivity contribution is -0.384. The molecule has 2 N–H and O–H groups in total. The molecule has 1 saturated carbocycles. The van der Waals surface area contributed by atoms with Gasteiger partial charge in [0.25, 0.3) is 5.69 Å². The van der Waals surface area contributed by atoms with Crippen molar-refractivity contribution >= 4 is 11.4 Å². The van der Waals surface area contributed by atoms with E-state index < -0.39 is 0 Å². The van der Waals surface area contributed by atoms with Gasteiger partial charge in [-0.2, -0.15) is 0 Å². The van der Waals surface area contributed by atoms with Crippen LogP contribution >= 0.6 is 0 Å². The third-order valence-corrected chi connectivity index (χ3v) is 4.17. The third-order valence-electron chi connectivity index (χ3n) is 4.17. The van der Waals surface area contributed by atoms with Crippen LogP contribution in [0.1, 0.15) is 31.2 Å². The monoisotopic (exact) mass is 293 g/mol. The Morgan fingerprint density at radius 3 is 2.71 bits per heavy atom. The molecular formula is C15H23N3O3. The molecule has 0 bridgehead atoms. The summed E-state index contributed by atoms with van der Waals surface area (Å²) in [6.07, 6.45) is 4.73. The minimum atomic E-state index is -0.366. The number of anilines is 1. The smallest absolute Gasteiger partial charge is 0.269 e. The van der Waals surface area contributed by atoms with Crippen LogP contribution in [0.25, 0.3) is 0 Å². The average Bonchev–Trinajstić information content (AvgIpc) is 3.00. The third kappa shape index (κ3) is 3.92. The fourth-order valence-corrected chi connectivity index (χ4v) is 3.08.